The molecule has 0 unspecified atom stereocenters. The predicted octanol–water partition coefficient (Wildman–Crippen LogP) is 5.63. The second-order valence-electron chi connectivity index (χ2n) is 7.71. The summed E-state index contributed by atoms with van der Waals surface area (Å²) in [6.45, 7) is 2.00. The van der Waals surface area contributed by atoms with Crippen LogP contribution in [0, 0.1) is 5.82 Å². The smallest absolute Gasteiger partial charge is 0.366 e. The molecule has 0 saturated carbocycles. The van der Waals surface area contributed by atoms with Crippen molar-refractivity contribution in [3.8, 4) is 0 Å². The number of rotatable bonds is 5. The molecule has 0 radical (unpaired) electrons. The minimum atomic E-state index is -4.56. The van der Waals surface area contributed by atoms with Gasteiger partial charge in [-0.2, -0.15) is 13.2 Å². The number of para-hydroxylation sites is 2. The van der Waals surface area contributed by atoms with Crippen LogP contribution in [-0.4, -0.2) is 34.6 Å². The molecule has 1 aliphatic heterocycles. The van der Waals surface area contributed by atoms with Crippen LogP contribution in [0.2, 0.25) is 5.02 Å². The van der Waals surface area contributed by atoms with Gasteiger partial charge in [0.05, 0.1) is 27.5 Å². The molecule has 3 aromatic rings. The second-order valence-corrected chi connectivity index (χ2v) is 9.83. The summed E-state index contributed by atoms with van der Waals surface area (Å²) in [7, 11) is -4.12. The highest BCUT2D eigenvalue weighted by atomic mass is 35.5. The fourth-order valence-corrected chi connectivity index (χ4v) is 5.02. The van der Waals surface area contributed by atoms with E-state index in [1.165, 1.54) is 6.07 Å². The normalized spacial score (nSPS) is 14.9. The van der Waals surface area contributed by atoms with Crippen LogP contribution in [0.1, 0.15) is 5.56 Å². The number of piperazine rings is 1. The number of hydrogen-bond acceptors (Lipinski definition) is 4. The standard InChI is InChI=1S/C23H20ClF4N3O2S/c24-17-7-10-21(19(25)15-17)30-11-13-31(14-12-30)22-4-2-1-3-20(22)29-34(32,33)18-8-5-16(6-9-18)23(26,27)28/h1-10,15,29H,11-14H2. The lowest BCUT2D eigenvalue weighted by Crippen LogP contribution is -2.47. The van der Waals surface area contributed by atoms with Crippen LogP contribution < -0.4 is 14.5 Å². The Morgan fingerprint density at radius 1 is 0.824 bits per heavy atom. The van der Waals surface area contributed by atoms with Crippen molar-refractivity contribution >= 4 is 38.7 Å². The molecule has 0 aliphatic carbocycles. The molecule has 1 saturated heterocycles. The van der Waals surface area contributed by atoms with E-state index >= 15 is 0 Å². The summed E-state index contributed by atoms with van der Waals surface area (Å²) < 4.78 is 80.8. The number of hydrogen-bond donors (Lipinski definition) is 1. The number of nitrogens with one attached hydrogen (secondary N) is 1. The summed E-state index contributed by atoms with van der Waals surface area (Å²) in [6.07, 6.45) is -4.56. The van der Waals surface area contributed by atoms with Crippen LogP contribution in [0.15, 0.2) is 71.6 Å². The molecule has 0 atom stereocenters. The van der Waals surface area contributed by atoms with E-state index in [1.54, 1.807) is 36.4 Å². The summed E-state index contributed by atoms with van der Waals surface area (Å²) in [5.41, 5.74) is 0.435. The lowest BCUT2D eigenvalue weighted by molar-refractivity contribution is -0.137. The molecule has 1 heterocycles. The number of anilines is 3. The van der Waals surface area contributed by atoms with Crippen molar-refractivity contribution < 1.29 is 26.0 Å². The Bertz CT molecular complexity index is 1280. The molecule has 34 heavy (non-hydrogen) atoms. The minimum Gasteiger partial charge on any atom is -0.366 e. The molecule has 1 N–H and O–H groups in total. The van der Waals surface area contributed by atoms with E-state index in [0.29, 0.717) is 48.3 Å². The third kappa shape index (κ3) is 5.23. The van der Waals surface area contributed by atoms with Gasteiger partial charge in [0.25, 0.3) is 10.0 Å². The second kappa shape index (κ2) is 9.34. The first kappa shape index (κ1) is 24.2. The van der Waals surface area contributed by atoms with E-state index in [4.69, 9.17) is 11.6 Å². The first-order valence-electron chi connectivity index (χ1n) is 10.3. The van der Waals surface area contributed by atoms with Crippen molar-refractivity contribution in [2.75, 3.05) is 40.7 Å². The number of nitrogens with zero attached hydrogens (tertiary/aromatic N) is 2. The fourth-order valence-electron chi connectivity index (χ4n) is 3.79. The van der Waals surface area contributed by atoms with E-state index in [9.17, 15) is 26.0 Å². The van der Waals surface area contributed by atoms with Crippen LogP contribution in [-0.2, 0) is 16.2 Å². The van der Waals surface area contributed by atoms with Crippen molar-refractivity contribution in [1.29, 1.82) is 0 Å². The molecule has 0 spiro atoms. The van der Waals surface area contributed by atoms with Gasteiger partial charge in [-0.1, -0.05) is 23.7 Å². The number of benzene rings is 3. The van der Waals surface area contributed by atoms with Gasteiger partial charge in [0.1, 0.15) is 5.82 Å². The third-order valence-electron chi connectivity index (χ3n) is 5.51. The zero-order valence-corrected chi connectivity index (χ0v) is 19.3. The third-order valence-corrected chi connectivity index (χ3v) is 7.13. The lowest BCUT2D eigenvalue weighted by Gasteiger charge is -2.38. The van der Waals surface area contributed by atoms with Crippen LogP contribution in [0.5, 0.6) is 0 Å². The van der Waals surface area contributed by atoms with Crippen molar-refractivity contribution in [2.24, 2.45) is 0 Å². The Labute approximate surface area is 199 Å². The van der Waals surface area contributed by atoms with E-state index < -0.39 is 27.6 Å². The Morgan fingerprint density at radius 2 is 1.41 bits per heavy atom. The molecule has 1 aliphatic rings. The zero-order chi connectivity index (χ0) is 24.5. The lowest BCUT2D eigenvalue weighted by atomic mass is 10.2. The maximum absolute atomic E-state index is 14.3. The number of sulfonamides is 1. The molecule has 0 aromatic heterocycles. The molecule has 5 nitrogen and oxygen atoms in total. The van der Waals surface area contributed by atoms with Crippen LogP contribution >= 0.6 is 11.6 Å². The summed E-state index contributed by atoms with van der Waals surface area (Å²) in [5.74, 6) is -0.411. The highest BCUT2D eigenvalue weighted by molar-refractivity contribution is 7.92. The van der Waals surface area contributed by atoms with Gasteiger partial charge in [0.15, 0.2) is 0 Å². The van der Waals surface area contributed by atoms with E-state index in [1.807, 2.05) is 9.80 Å². The van der Waals surface area contributed by atoms with Crippen molar-refractivity contribution in [3.63, 3.8) is 0 Å². The Kier molecular flexibility index (Phi) is 6.64. The Balaban J connectivity index is 1.50. The van der Waals surface area contributed by atoms with Crippen LogP contribution in [0.25, 0.3) is 0 Å². The average molecular weight is 514 g/mol. The summed E-state index contributed by atoms with van der Waals surface area (Å²) >= 11 is 5.83. The number of alkyl halides is 3. The summed E-state index contributed by atoms with van der Waals surface area (Å²) in [6, 6.07) is 14.6. The van der Waals surface area contributed by atoms with Gasteiger partial charge in [0.2, 0.25) is 0 Å². The largest absolute Gasteiger partial charge is 0.416 e. The highest BCUT2D eigenvalue weighted by Crippen LogP contribution is 2.32. The molecule has 180 valence electrons. The molecule has 3 aromatic carbocycles. The maximum Gasteiger partial charge on any atom is 0.416 e. The van der Waals surface area contributed by atoms with Gasteiger partial charge >= 0.3 is 6.18 Å². The molecule has 4 rings (SSSR count). The van der Waals surface area contributed by atoms with Crippen LogP contribution in [0.3, 0.4) is 0 Å². The zero-order valence-electron chi connectivity index (χ0n) is 17.7. The van der Waals surface area contributed by atoms with Crippen LogP contribution in [0.4, 0.5) is 34.6 Å². The average Bonchev–Trinajstić information content (AvgIpc) is 2.79. The Morgan fingerprint density at radius 3 is 2.00 bits per heavy atom. The molecule has 1 fully saturated rings. The van der Waals surface area contributed by atoms with E-state index in [2.05, 4.69) is 4.72 Å². The SMILES string of the molecule is O=S(=O)(Nc1ccccc1N1CCN(c2ccc(Cl)cc2F)CC1)c1ccc(C(F)(F)F)cc1. The molecule has 0 bridgehead atoms. The van der Waals surface area contributed by atoms with Gasteiger partial charge in [-0.05, 0) is 54.6 Å². The number of halogens is 5. The highest BCUT2D eigenvalue weighted by Gasteiger charge is 2.31. The molecular weight excluding hydrogens is 494 g/mol. The van der Waals surface area contributed by atoms with E-state index in [0.717, 1.165) is 24.3 Å². The first-order chi connectivity index (χ1) is 16.0. The Hall–Kier alpha value is -2.98. The van der Waals surface area contributed by atoms with Crippen molar-refractivity contribution in [3.05, 3.63) is 83.1 Å². The van der Waals surface area contributed by atoms with Crippen molar-refractivity contribution in [2.45, 2.75) is 11.1 Å². The van der Waals surface area contributed by atoms with Gasteiger partial charge in [-0.3, -0.25) is 4.72 Å². The van der Waals surface area contributed by atoms with Gasteiger partial charge in [-0.15, -0.1) is 0 Å². The van der Waals surface area contributed by atoms with Gasteiger partial charge in [0, 0.05) is 31.2 Å². The van der Waals surface area contributed by atoms with Gasteiger partial charge in [-0.25, -0.2) is 12.8 Å². The predicted molar refractivity (Wildman–Crippen MR) is 125 cm³/mol. The topological polar surface area (TPSA) is 52.7 Å². The van der Waals surface area contributed by atoms with Gasteiger partial charge < -0.3 is 9.80 Å². The molecular formula is C23H20ClF4N3O2S. The summed E-state index contributed by atoms with van der Waals surface area (Å²) in [4.78, 5) is 3.57. The monoisotopic (exact) mass is 513 g/mol. The quantitative estimate of drug-likeness (QED) is 0.450. The molecule has 11 heteroatoms. The minimum absolute atomic E-state index is 0.279. The first-order valence-corrected chi connectivity index (χ1v) is 12.1. The van der Waals surface area contributed by atoms with E-state index in [-0.39, 0.29) is 4.90 Å². The molecule has 0 amide bonds. The maximum atomic E-state index is 14.3. The summed E-state index contributed by atoms with van der Waals surface area (Å²) in [5, 5.41) is 0.314. The fraction of sp³-hybridized carbons (Fsp3) is 0.217. The van der Waals surface area contributed by atoms with Crippen molar-refractivity contribution in [1.82, 2.24) is 0 Å².